The number of halogens is 2. The molecule has 0 amide bonds. The van der Waals surface area contributed by atoms with Crippen LogP contribution in [0.1, 0.15) is 20.8 Å². The zero-order chi connectivity index (χ0) is 8.20. The zero-order valence-corrected chi connectivity index (χ0v) is 6.14. The van der Waals surface area contributed by atoms with Gasteiger partial charge in [0, 0.05) is 12.2 Å². The van der Waals surface area contributed by atoms with E-state index in [2.05, 4.69) is 15.2 Å². The van der Waals surface area contributed by atoms with Crippen LogP contribution in [-0.4, -0.2) is 12.2 Å². The lowest BCUT2D eigenvalue weighted by molar-refractivity contribution is -0.0127. The second-order valence-corrected chi connectivity index (χ2v) is 2.18. The van der Waals surface area contributed by atoms with E-state index in [4.69, 9.17) is 0 Å². The van der Waals surface area contributed by atoms with Crippen molar-refractivity contribution in [3.63, 3.8) is 0 Å². The van der Waals surface area contributed by atoms with Crippen LogP contribution in [0.5, 0.6) is 0 Å². The summed E-state index contributed by atoms with van der Waals surface area (Å²) in [5.74, 6) is 0. The number of rotatable bonds is 3. The summed E-state index contributed by atoms with van der Waals surface area (Å²) in [6.45, 7) is 3.99. The molecular weight excluding hydrogens is 142 g/mol. The average Bonchev–Trinajstić information content (AvgIpc) is 1.59. The zero-order valence-electron chi connectivity index (χ0n) is 6.14. The first kappa shape index (κ1) is 9.26. The predicted molar refractivity (Wildman–Crippen MR) is 31.7 cm³/mol. The van der Waals surface area contributed by atoms with E-state index in [-0.39, 0.29) is 6.10 Å². The summed E-state index contributed by atoms with van der Waals surface area (Å²) in [5.41, 5.74) is 0. The van der Waals surface area contributed by atoms with E-state index in [0.717, 1.165) is 0 Å². The van der Waals surface area contributed by atoms with E-state index in [1.54, 1.807) is 13.8 Å². The number of alkyl halides is 2. The molecule has 0 fully saturated rings. The molecule has 60 valence electrons. The van der Waals surface area contributed by atoms with E-state index >= 15 is 0 Å². The van der Waals surface area contributed by atoms with Gasteiger partial charge in [0.05, 0.1) is 0 Å². The Balaban J connectivity index is 3.57. The Morgan fingerprint density at radius 2 is 1.90 bits per heavy atom. The molecule has 0 aliphatic heterocycles. The molecule has 0 aromatic heterocycles. The van der Waals surface area contributed by atoms with Crippen molar-refractivity contribution in [3.8, 4) is 0 Å². The Morgan fingerprint density at radius 3 is 2.20 bits per heavy atom. The maximum Gasteiger partial charge on any atom is 0.358 e. The highest BCUT2D eigenvalue weighted by atomic mass is 19.3. The van der Waals surface area contributed by atoms with Gasteiger partial charge >= 0.3 is 6.05 Å². The van der Waals surface area contributed by atoms with Crippen LogP contribution in [0.3, 0.4) is 0 Å². The maximum absolute atomic E-state index is 11.8. The molecule has 0 N–H and O–H groups in total. The average molecular weight is 152 g/mol. The van der Waals surface area contributed by atoms with Crippen molar-refractivity contribution >= 4 is 0 Å². The van der Waals surface area contributed by atoms with Crippen LogP contribution in [-0.2, 0) is 4.84 Å². The standard InChI is InChI=1S/C5H10F2N2O/c1-4(2)10-9-8-5(3,6)7/h4H,1-3H3. The fraction of sp³-hybridized carbons (Fsp3) is 1.00. The molecule has 0 aromatic rings. The van der Waals surface area contributed by atoms with Gasteiger partial charge in [0.2, 0.25) is 0 Å². The predicted octanol–water partition coefficient (Wildman–Crippen LogP) is 2.39. The summed E-state index contributed by atoms with van der Waals surface area (Å²) in [6, 6.07) is -3.13. The van der Waals surface area contributed by atoms with Crippen LogP contribution >= 0.6 is 0 Å². The van der Waals surface area contributed by atoms with Crippen LogP contribution in [0.15, 0.2) is 10.4 Å². The van der Waals surface area contributed by atoms with Gasteiger partial charge in [-0.05, 0) is 13.8 Å². The van der Waals surface area contributed by atoms with Crippen LogP contribution in [0.25, 0.3) is 0 Å². The molecule has 10 heavy (non-hydrogen) atoms. The van der Waals surface area contributed by atoms with Gasteiger partial charge in [0.25, 0.3) is 0 Å². The molecular formula is C5H10F2N2O. The van der Waals surface area contributed by atoms with Crippen LogP contribution in [0.2, 0.25) is 0 Å². The molecule has 0 unspecified atom stereocenters. The fourth-order valence-electron chi connectivity index (χ4n) is 0.190. The Hall–Kier alpha value is -0.740. The van der Waals surface area contributed by atoms with Crippen molar-refractivity contribution < 1.29 is 13.6 Å². The van der Waals surface area contributed by atoms with Crippen LogP contribution in [0, 0.1) is 0 Å². The van der Waals surface area contributed by atoms with Crippen molar-refractivity contribution in [2.75, 3.05) is 0 Å². The molecule has 0 bridgehead atoms. The molecule has 0 saturated carbocycles. The van der Waals surface area contributed by atoms with Gasteiger partial charge in [-0.2, -0.15) is 8.78 Å². The second kappa shape index (κ2) is 3.43. The number of hydrogen-bond acceptors (Lipinski definition) is 3. The quantitative estimate of drug-likeness (QED) is 0.347. The highest BCUT2D eigenvalue weighted by Gasteiger charge is 2.19. The first-order valence-electron chi connectivity index (χ1n) is 2.87. The van der Waals surface area contributed by atoms with Gasteiger partial charge in [0.1, 0.15) is 6.10 Å². The minimum atomic E-state index is -3.13. The molecule has 0 aliphatic rings. The third kappa shape index (κ3) is 7.26. The van der Waals surface area contributed by atoms with Crippen LogP contribution < -0.4 is 0 Å². The third-order valence-electron chi connectivity index (χ3n) is 0.474. The SMILES string of the molecule is CC(C)ON=NC(C)(F)F. The van der Waals surface area contributed by atoms with Crippen molar-refractivity contribution in [1.29, 1.82) is 0 Å². The molecule has 0 atom stereocenters. The second-order valence-electron chi connectivity index (χ2n) is 2.18. The molecule has 3 nitrogen and oxygen atoms in total. The summed E-state index contributed by atoms with van der Waals surface area (Å²) in [7, 11) is 0. The lowest BCUT2D eigenvalue weighted by Gasteiger charge is -2.02. The van der Waals surface area contributed by atoms with E-state index < -0.39 is 6.05 Å². The van der Waals surface area contributed by atoms with Crippen molar-refractivity contribution in [3.05, 3.63) is 0 Å². The number of hydrogen-bond donors (Lipinski definition) is 0. The Morgan fingerprint density at radius 1 is 1.40 bits per heavy atom. The highest BCUT2D eigenvalue weighted by molar-refractivity contribution is 4.45. The van der Waals surface area contributed by atoms with Crippen LogP contribution in [0.4, 0.5) is 8.78 Å². The molecule has 0 rings (SSSR count). The minimum absolute atomic E-state index is 0.217. The highest BCUT2D eigenvalue weighted by Crippen LogP contribution is 2.13. The van der Waals surface area contributed by atoms with Crippen molar-refractivity contribution in [1.82, 2.24) is 0 Å². The summed E-state index contributed by atoms with van der Waals surface area (Å²) in [6.07, 6.45) is -0.217. The minimum Gasteiger partial charge on any atom is -0.377 e. The molecule has 0 aromatic carbocycles. The Kier molecular flexibility index (Phi) is 3.18. The molecule has 0 radical (unpaired) electrons. The topological polar surface area (TPSA) is 34.0 Å². The first-order valence-corrected chi connectivity index (χ1v) is 2.87. The normalized spacial score (nSPS) is 13.0. The van der Waals surface area contributed by atoms with E-state index in [1.165, 1.54) is 0 Å². The van der Waals surface area contributed by atoms with Gasteiger partial charge < -0.3 is 4.84 Å². The van der Waals surface area contributed by atoms with Gasteiger partial charge in [-0.25, -0.2) is 0 Å². The van der Waals surface area contributed by atoms with Gasteiger partial charge in [-0.1, -0.05) is 5.11 Å². The summed E-state index contributed by atoms with van der Waals surface area (Å²) >= 11 is 0. The summed E-state index contributed by atoms with van der Waals surface area (Å²) < 4.78 is 23.7. The van der Waals surface area contributed by atoms with Gasteiger partial charge in [-0.3, -0.25) is 0 Å². The van der Waals surface area contributed by atoms with E-state index in [1.807, 2.05) is 0 Å². The maximum atomic E-state index is 11.8. The number of nitrogens with zero attached hydrogens (tertiary/aromatic N) is 2. The lowest BCUT2D eigenvalue weighted by atomic mass is 10.5. The molecule has 0 spiro atoms. The van der Waals surface area contributed by atoms with E-state index in [0.29, 0.717) is 6.92 Å². The van der Waals surface area contributed by atoms with Crippen molar-refractivity contribution in [2.45, 2.75) is 32.9 Å². The Bertz CT molecular complexity index is 119. The van der Waals surface area contributed by atoms with E-state index in [9.17, 15) is 8.78 Å². The monoisotopic (exact) mass is 152 g/mol. The van der Waals surface area contributed by atoms with Gasteiger partial charge in [-0.15, -0.1) is 0 Å². The smallest absolute Gasteiger partial charge is 0.358 e. The summed E-state index contributed by atoms with van der Waals surface area (Å²) in [5, 5.41) is 5.38. The molecule has 0 saturated heterocycles. The first-order chi connectivity index (χ1) is 4.42. The lowest BCUT2D eigenvalue weighted by Crippen LogP contribution is -2.04. The fourth-order valence-corrected chi connectivity index (χ4v) is 0.190. The summed E-state index contributed by atoms with van der Waals surface area (Å²) in [4.78, 5) is 4.40. The van der Waals surface area contributed by atoms with Gasteiger partial charge in [0.15, 0.2) is 0 Å². The molecule has 5 heteroatoms. The Labute approximate surface area is 58.0 Å². The molecule has 0 aliphatic carbocycles. The largest absolute Gasteiger partial charge is 0.377 e. The third-order valence-corrected chi connectivity index (χ3v) is 0.474. The molecule has 0 heterocycles. The van der Waals surface area contributed by atoms with Crippen molar-refractivity contribution in [2.24, 2.45) is 10.4 Å².